The van der Waals surface area contributed by atoms with Gasteiger partial charge in [0.15, 0.2) is 0 Å². The third-order valence-electron chi connectivity index (χ3n) is 3.67. The van der Waals surface area contributed by atoms with E-state index in [1.165, 1.54) is 0 Å². The van der Waals surface area contributed by atoms with Gasteiger partial charge in [-0.25, -0.2) is 0 Å². The average Bonchev–Trinajstić information content (AvgIpc) is 3.00. The summed E-state index contributed by atoms with van der Waals surface area (Å²) in [7, 11) is 0. The molecule has 0 spiro atoms. The highest BCUT2D eigenvalue weighted by molar-refractivity contribution is 5.99. The van der Waals surface area contributed by atoms with Crippen LogP contribution >= 0.6 is 0 Å². The predicted octanol–water partition coefficient (Wildman–Crippen LogP) is 0.655. The largest absolute Gasteiger partial charge is 0.322 e. The quantitative estimate of drug-likeness (QED) is 0.759. The van der Waals surface area contributed by atoms with Crippen LogP contribution < -0.4 is 11.1 Å². The molecule has 0 aliphatic heterocycles. The van der Waals surface area contributed by atoms with Crippen molar-refractivity contribution in [1.29, 1.82) is 0 Å². The smallest absolute Gasteiger partial charge is 0.244 e. The van der Waals surface area contributed by atoms with Crippen LogP contribution in [0.2, 0.25) is 0 Å². The highest BCUT2D eigenvalue weighted by Crippen LogP contribution is 2.33. The lowest BCUT2D eigenvalue weighted by atomic mass is 10.3. The molecule has 0 bridgehead atoms. The molecule has 0 saturated heterocycles. The number of anilines is 1. The van der Waals surface area contributed by atoms with E-state index < -0.39 is 5.54 Å². The van der Waals surface area contributed by atoms with Gasteiger partial charge in [0, 0.05) is 12.7 Å². The summed E-state index contributed by atoms with van der Waals surface area (Å²) >= 11 is 0. The van der Waals surface area contributed by atoms with Crippen LogP contribution in [0, 0.1) is 0 Å². The van der Waals surface area contributed by atoms with E-state index in [0.717, 1.165) is 44.7 Å². The molecule has 0 atom stereocenters. The lowest BCUT2D eigenvalue weighted by Gasteiger charge is -2.17. The van der Waals surface area contributed by atoms with E-state index in [-0.39, 0.29) is 5.91 Å². The summed E-state index contributed by atoms with van der Waals surface area (Å²) in [6.07, 6.45) is 5.07. The third kappa shape index (κ3) is 3.54. The molecule has 6 nitrogen and oxygen atoms in total. The molecule has 0 radical (unpaired) electrons. The fraction of sp³-hybridized carbons (Fsp3) is 0.692. The number of carbonyl (C=O) groups is 1. The van der Waals surface area contributed by atoms with Gasteiger partial charge in [-0.05, 0) is 25.9 Å². The monoisotopic (exact) mass is 265 g/mol. The number of amides is 1. The van der Waals surface area contributed by atoms with Crippen molar-refractivity contribution in [2.45, 2.75) is 38.8 Å². The maximum absolute atomic E-state index is 11.8. The SMILES string of the molecule is CCN(CC)CCn1cc(NC(=O)C2(N)CC2)cn1. The lowest BCUT2D eigenvalue weighted by Crippen LogP contribution is -2.37. The molecule has 1 aliphatic carbocycles. The Bertz CT molecular complexity index is 434. The molecule has 1 fully saturated rings. The highest BCUT2D eigenvalue weighted by Gasteiger charge is 2.46. The summed E-state index contributed by atoms with van der Waals surface area (Å²) in [5.41, 5.74) is 5.92. The number of carbonyl (C=O) groups excluding carboxylic acids is 1. The number of nitrogens with zero attached hydrogens (tertiary/aromatic N) is 3. The summed E-state index contributed by atoms with van der Waals surface area (Å²) in [6.45, 7) is 8.16. The first-order chi connectivity index (χ1) is 9.07. The minimum absolute atomic E-state index is 0.101. The van der Waals surface area contributed by atoms with Crippen LogP contribution in [0.4, 0.5) is 5.69 Å². The number of rotatable bonds is 7. The Hall–Kier alpha value is -1.40. The van der Waals surface area contributed by atoms with Gasteiger partial charge in [-0.2, -0.15) is 5.10 Å². The van der Waals surface area contributed by atoms with Gasteiger partial charge in [0.1, 0.15) is 0 Å². The van der Waals surface area contributed by atoms with Crippen molar-refractivity contribution in [2.75, 3.05) is 25.0 Å². The normalized spacial score (nSPS) is 16.6. The molecule has 6 heteroatoms. The number of hydrogen-bond donors (Lipinski definition) is 2. The molecule has 1 aliphatic rings. The number of aromatic nitrogens is 2. The van der Waals surface area contributed by atoms with Gasteiger partial charge in [-0.1, -0.05) is 13.8 Å². The average molecular weight is 265 g/mol. The van der Waals surface area contributed by atoms with Gasteiger partial charge in [-0.15, -0.1) is 0 Å². The van der Waals surface area contributed by atoms with E-state index in [4.69, 9.17) is 5.73 Å². The minimum atomic E-state index is -0.636. The first kappa shape index (κ1) is 14.0. The standard InChI is InChI=1S/C13H23N5O/c1-3-17(4-2)7-8-18-10-11(9-15-18)16-12(19)13(14)5-6-13/h9-10H,3-8,14H2,1-2H3,(H,16,19). The Morgan fingerprint density at radius 3 is 2.79 bits per heavy atom. The lowest BCUT2D eigenvalue weighted by molar-refractivity contribution is -0.118. The molecule has 0 aromatic carbocycles. The molecule has 2 rings (SSSR count). The van der Waals surface area contributed by atoms with Crippen molar-refractivity contribution in [3.8, 4) is 0 Å². The van der Waals surface area contributed by atoms with Gasteiger partial charge in [-0.3, -0.25) is 9.48 Å². The molecule has 106 valence electrons. The fourth-order valence-electron chi connectivity index (χ4n) is 1.95. The van der Waals surface area contributed by atoms with E-state index in [2.05, 4.69) is 29.2 Å². The summed E-state index contributed by atoms with van der Waals surface area (Å²) in [6, 6.07) is 0. The summed E-state index contributed by atoms with van der Waals surface area (Å²) in [4.78, 5) is 14.1. The van der Waals surface area contributed by atoms with E-state index >= 15 is 0 Å². The Morgan fingerprint density at radius 2 is 2.21 bits per heavy atom. The molecule has 1 aromatic rings. The molecule has 1 amide bonds. The Kier molecular flexibility index (Phi) is 4.21. The van der Waals surface area contributed by atoms with Crippen molar-refractivity contribution < 1.29 is 4.79 Å². The first-order valence-electron chi connectivity index (χ1n) is 6.92. The van der Waals surface area contributed by atoms with Crippen molar-refractivity contribution in [3.63, 3.8) is 0 Å². The summed E-state index contributed by atoms with van der Waals surface area (Å²) in [5, 5.41) is 7.07. The minimum Gasteiger partial charge on any atom is -0.322 e. The van der Waals surface area contributed by atoms with E-state index in [1.807, 2.05) is 10.9 Å². The van der Waals surface area contributed by atoms with Gasteiger partial charge in [0.05, 0.1) is 24.0 Å². The second-order valence-electron chi connectivity index (χ2n) is 5.13. The molecule has 3 N–H and O–H groups in total. The Labute approximate surface area is 113 Å². The van der Waals surface area contributed by atoms with E-state index in [1.54, 1.807) is 6.20 Å². The van der Waals surface area contributed by atoms with Crippen molar-refractivity contribution >= 4 is 11.6 Å². The topological polar surface area (TPSA) is 76.2 Å². The van der Waals surface area contributed by atoms with Gasteiger partial charge in [0.25, 0.3) is 0 Å². The maximum atomic E-state index is 11.8. The van der Waals surface area contributed by atoms with Crippen molar-refractivity contribution in [2.24, 2.45) is 5.73 Å². The van der Waals surface area contributed by atoms with Crippen molar-refractivity contribution in [1.82, 2.24) is 14.7 Å². The molecular weight excluding hydrogens is 242 g/mol. The second kappa shape index (κ2) is 5.71. The zero-order chi connectivity index (χ0) is 13.9. The number of nitrogens with two attached hydrogens (primary N) is 1. The van der Waals surface area contributed by atoms with Crippen LogP contribution in [0.5, 0.6) is 0 Å². The second-order valence-corrected chi connectivity index (χ2v) is 5.13. The fourth-order valence-corrected chi connectivity index (χ4v) is 1.95. The van der Waals surface area contributed by atoms with Crippen LogP contribution in [0.1, 0.15) is 26.7 Å². The zero-order valence-corrected chi connectivity index (χ0v) is 11.7. The van der Waals surface area contributed by atoms with Crippen molar-refractivity contribution in [3.05, 3.63) is 12.4 Å². The highest BCUT2D eigenvalue weighted by atomic mass is 16.2. The summed E-state index contributed by atoms with van der Waals surface area (Å²) in [5.74, 6) is -0.101. The van der Waals surface area contributed by atoms with Gasteiger partial charge in [0.2, 0.25) is 5.91 Å². The van der Waals surface area contributed by atoms with E-state index in [0.29, 0.717) is 0 Å². The molecule has 0 unspecified atom stereocenters. The van der Waals surface area contributed by atoms with Gasteiger partial charge < -0.3 is 16.0 Å². The molecule has 19 heavy (non-hydrogen) atoms. The van der Waals surface area contributed by atoms with Crippen LogP contribution in [0.3, 0.4) is 0 Å². The zero-order valence-electron chi connectivity index (χ0n) is 11.7. The first-order valence-corrected chi connectivity index (χ1v) is 6.92. The van der Waals surface area contributed by atoms with E-state index in [9.17, 15) is 4.79 Å². The Morgan fingerprint density at radius 1 is 1.53 bits per heavy atom. The maximum Gasteiger partial charge on any atom is 0.244 e. The van der Waals surface area contributed by atoms with Crippen LogP contribution in [-0.4, -0.2) is 45.8 Å². The molecule has 1 saturated carbocycles. The van der Waals surface area contributed by atoms with Crippen LogP contribution in [0.15, 0.2) is 12.4 Å². The third-order valence-corrected chi connectivity index (χ3v) is 3.67. The molecule has 1 aromatic heterocycles. The van der Waals surface area contributed by atoms with Crippen LogP contribution in [0.25, 0.3) is 0 Å². The predicted molar refractivity (Wildman–Crippen MR) is 74.8 cm³/mol. The summed E-state index contributed by atoms with van der Waals surface area (Å²) < 4.78 is 1.85. The number of hydrogen-bond acceptors (Lipinski definition) is 4. The number of likely N-dealkylation sites (N-methyl/N-ethyl adjacent to an activating group) is 1. The Balaban J connectivity index is 1.83. The molecule has 1 heterocycles. The van der Waals surface area contributed by atoms with Gasteiger partial charge >= 0.3 is 0 Å². The molecular formula is C13H23N5O. The number of nitrogens with one attached hydrogen (secondary N) is 1. The van der Waals surface area contributed by atoms with Crippen LogP contribution in [-0.2, 0) is 11.3 Å².